The van der Waals surface area contributed by atoms with E-state index in [1.165, 1.54) is 26.2 Å². The van der Waals surface area contributed by atoms with Crippen LogP contribution in [0.4, 0.5) is 18.0 Å². The zero-order valence-electron chi connectivity index (χ0n) is 11.7. The maximum atomic E-state index is 13.1. The molecule has 2 amide bonds. The molecule has 0 fully saturated rings. The van der Waals surface area contributed by atoms with E-state index in [0.29, 0.717) is 0 Å². The van der Waals surface area contributed by atoms with Crippen LogP contribution in [0.25, 0.3) is 0 Å². The van der Waals surface area contributed by atoms with Gasteiger partial charge in [0, 0.05) is 5.56 Å². The number of urea groups is 1. The molecular formula is C13H13F3N2O4. The third kappa shape index (κ3) is 3.23. The number of carbonyl (C=O) groups excluding carboxylic acids is 2. The number of hydrogen-bond donors (Lipinski definition) is 2. The summed E-state index contributed by atoms with van der Waals surface area (Å²) in [4.78, 5) is 23.6. The Hall–Kier alpha value is -2.45. The molecule has 2 N–H and O–H groups in total. The van der Waals surface area contributed by atoms with Gasteiger partial charge >= 0.3 is 18.2 Å². The Bertz CT molecular complexity index is 605. The fourth-order valence-electron chi connectivity index (χ4n) is 1.97. The van der Waals surface area contributed by atoms with Crippen molar-refractivity contribution in [2.45, 2.75) is 32.2 Å². The summed E-state index contributed by atoms with van der Waals surface area (Å²) < 4.78 is 49.1. The Morgan fingerprint density at radius 3 is 2.59 bits per heavy atom. The molecule has 0 spiro atoms. The number of nitrogens with one attached hydrogen (secondary N) is 2. The number of halogens is 3. The minimum absolute atomic E-state index is 0.201. The summed E-state index contributed by atoms with van der Waals surface area (Å²) in [5.41, 5.74) is -1.96. The molecule has 120 valence electrons. The van der Waals surface area contributed by atoms with Gasteiger partial charge in [0.1, 0.15) is 5.70 Å². The second-order valence-electron chi connectivity index (χ2n) is 4.83. The van der Waals surface area contributed by atoms with Gasteiger partial charge < -0.3 is 19.8 Å². The van der Waals surface area contributed by atoms with E-state index >= 15 is 0 Å². The zero-order chi connectivity index (χ0) is 16.5. The average molecular weight is 318 g/mol. The number of ether oxygens (including phenoxy) is 1. The van der Waals surface area contributed by atoms with Crippen molar-refractivity contribution in [1.29, 1.82) is 0 Å². The van der Waals surface area contributed by atoms with Crippen LogP contribution < -0.4 is 10.6 Å². The normalized spacial score (nSPS) is 19.0. The van der Waals surface area contributed by atoms with Gasteiger partial charge in [0.25, 0.3) is 0 Å². The fraction of sp³-hybridized carbons (Fsp3) is 0.385. The van der Waals surface area contributed by atoms with Crippen molar-refractivity contribution in [1.82, 2.24) is 10.6 Å². The zero-order valence-corrected chi connectivity index (χ0v) is 11.7. The lowest BCUT2D eigenvalue weighted by Gasteiger charge is -2.29. The van der Waals surface area contributed by atoms with E-state index < -0.39 is 41.6 Å². The summed E-state index contributed by atoms with van der Waals surface area (Å²) in [5, 5.41) is 3.88. The lowest BCUT2D eigenvalue weighted by molar-refractivity contribution is -0.144. The van der Waals surface area contributed by atoms with Gasteiger partial charge in [-0.15, -0.1) is 0 Å². The Morgan fingerprint density at radius 1 is 1.41 bits per heavy atom. The third-order valence-corrected chi connectivity index (χ3v) is 2.79. The van der Waals surface area contributed by atoms with Crippen molar-refractivity contribution < 1.29 is 31.9 Å². The molecule has 0 saturated carbocycles. The first-order valence-corrected chi connectivity index (χ1v) is 6.32. The molecule has 6 nitrogen and oxygen atoms in total. The number of rotatable bonds is 3. The maximum absolute atomic E-state index is 13.1. The number of esters is 1. The molecule has 2 heterocycles. The largest absolute Gasteiger partial charge is 0.472 e. The first kappa shape index (κ1) is 15.9. The van der Waals surface area contributed by atoms with Crippen molar-refractivity contribution in [2.24, 2.45) is 0 Å². The van der Waals surface area contributed by atoms with Gasteiger partial charge in [-0.05, 0) is 19.9 Å². The maximum Gasteiger partial charge on any atom is 0.432 e. The number of allylic oxidation sites excluding steroid dienone is 1. The predicted octanol–water partition coefficient (Wildman–Crippen LogP) is 2.40. The molecule has 1 aliphatic rings. The van der Waals surface area contributed by atoms with E-state index in [1.807, 2.05) is 0 Å². The van der Waals surface area contributed by atoms with Gasteiger partial charge in [-0.3, -0.25) is 0 Å². The number of carbonyl (C=O) groups is 2. The SMILES string of the molecule is CC(C)OC(=O)C1=C(C(F)(F)F)NC(=O)NC1c1ccoc1. The number of amides is 2. The lowest BCUT2D eigenvalue weighted by atomic mass is 9.97. The second-order valence-corrected chi connectivity index (χ2v) is 4.83. The van der Waals surface area contributed by atoms with Gasteiger partial charge in [0.05, 0.1) is 30.2 Å². The summed E-state index contributed by atoms with van der Waals surface area (Å²) >= 11 is 0. The summed E-state index contributed by atoms with van der Waals surface area (Å²) in [7, 11) is 0. The van der Waals surface area contributed by atoms with Crippen LogP contribution in [0.1, 0.15) is 25.5 Å². The molecule has 0 saturated heterocycles. The minimum Gasteiger partial charge on any atom is -0.472 e. The molecule has 0 aliphatic carbocycles. The highest BCUT2D eigenvalue weighted by Gasteiger charge is 2.46. The molecule has 1 unspecified atom stereocenters. The van der Waals surface area contributed by atoms with E-state index in [-0.39, 0.29) is 5.56 Å². The van der Waals surface area contributed by atoms with Gasteiger partial charge in [-0.2, -0.15) is 13.2 Å². The van der Waals surface area contributed by atoms with Crippen molar-refractivity contribution in [3.63, 3.8) is 0 Å². The van der Waals surface area contributed by atoms with Crippen molar-refractivity contribution >= 4 is 12.0 Å². The van der Waals surface area contributed by atoms with E-state index in [0.717, 1.165) is 6.26 Å². The number of alkyl halides is 3. The molecule has 0 aromatic carbocycles. The van der Waals surface area contributed by atoms with Crippen molar-refractivity contribution in [2.75, 3.05) is 0 Å². The van der Waals surface area contributed by atoms with Crippen molar-refractivity contribution in [3.05, 3.63) is 35.4 Å². The topological polar surface area (TPSA) is 80.6 Å². The smallest absolute Gasteiger partial charge is 0.432 e. The molecular weight excluding hydrogens is 305 g/mol. The predicted molar refractivity (Wildman–Crippen MR) is 67.4 cm³/mol. The summed E-state index contributed by atoms with van der Waals surface area (Å²) in [6.07, 6.45) is -3.16. The monoisotopic (exact) mass is 318 g/mol. The highest BCUT2D eigenvalue weighted by atomic mass is 19.4. The average Bonchev–Trinajstić information content (AvgIpc) is 2.89. The molecule has 1 aromatic heterocycles. The molecule has 22 heavy (non-hydrogen) atoms. The van der Waals surface area contributed by atoms with E-state index in [4.69, 9.17) is 9.15 Å². The second kappa shape index (κ2) is 5.74. The van der Waals surface area contributed by atoms with Crippen LogP contribution in [0.15, 0.2) is 34.3 Å². The van der Waals surface area contributed by atoms with Crippen LogP contribution in [0.3, 0.4) is 0 Å². The van der Waals surface area contributed by atoms with Gasteiger partial charge in [0.15, 0.2) is 0 Å². The number of hydrogen-bond acceptors (Lipinski definition) is 4. The summed E-state index contributed by atoms with van der Waals surface area (Å²) in [6, 6.07) is -1.03. The van der Waals surface area contributed by atoms with Crippen LogP contribution in [0.2, 0.25) is 0 Å². The minimum atomic E-state index is -4.91. The van der Waals surface area contributed by atoms with E-state index in [1.54, 1.807) is 5.32 Å². The van der Waals surface area contributed by atoms with Crippen LogP contribution in [-0.4, -0.2) is 24.3 Å². The highest BCUT2D eigenvalue weighted by molar-refractivity contribution is 5.95. The lowest BCUT2D eigenvalue weighted by Crippen LogP contribution is -2.49. The number of furan rings is 1. The standard InChI is InChI=1S/C13H13F3N2O4/c1-6(2)22-11(19)8-9(7-3-4-21-5-7)17-12(20)18-10(8)13(14,15)16/h3-6,9H,1-2H3,(H2,17,18,20). The van der Waals surface area contributed by atoms with E-state index in [2.05, 4.69) is 5.32 Å². The first-order valence-electron chi connectivity index (χ1n) is 6.32. The van der Waals surface area contributed by atoms with Crippen molar-refractivity contribution in [3.8, 4) is 0 Å². The van der Waals surface area contributed by atoms with Crippen LogP contribution >= 0.6 is 0 Å². The molecule has 1 aromatic rings. The molecule has 1 aliphatic heterocycles. The van der Waals surface area contributed by atoms with Crippen LogP contribution in [0.5, 0.6) is 0 Å². The highest BCUT2D eigenvalue weighted by Crippen LogP contribution is 2.35. The Labute approximate surface area is 123 Å². The molecule has 1 atom stereocenters. The summed E-state index contributed by atoms with van der Waals surface area (Å²) in [5.74, 6) is -1.17. The van der Waals surface area contributed by atoms with Gasteiger partial charge in [0.2, 0.25) is 0 Å². The molecule has 0 bridgehead atoms. The quantitative estimate of drug-likeness (QED) is 0.839. The fourth-order valence-corrected chi connectivity index (χ4v) is 1.97. The molecule has 2 rings (SSSR count). The van der Waals surface area contributed by atoms with Gasteiger partial charge in [-0.1, -0.05) is 0 Å². The third-order valence-electron chi connectivity index (χ3n) is 2.79. The Morgan fingerprint density at radius 2 is 2.09 bits per heavy atom. The molecule has 0 radical (unpaired) electrons. The Kier molecular flexibility index (Phi) is 4.16. The first-order chi connectivity index (χ1) is 10.2. The van der Waals surface area contributed by atoms with Crippen LogP contribution in [-0.2, 0) is 9.53 Å². The Balaban J connectivity index is 2.55. The van der Waals surface area contributed by atoms with E-state index in [9.17, 15) is 22.8 Å². The molecule has 9 heteroatoms. The summed E-state index contributed by atoms with van der Waals surface area (Å²) in [6.45, 7) is 3.01. The van der Waals surface area contributed by atoms with Crippen LogP contribution in [0, 0.1) is 0 Å². The van der Waals surface area contributed by atoms with Gasteiger partial charge in [-0.25, -0.2) is 9.59 Å².